The Kier molecular flexibility index (Phi) is 3.13. The zero-order valence-electron chi connectivity index (χ0n) is 8.99. The van der Waals surface area contributed by atoms with Gasteiger partial charge in [-0.2, -0.15) is 0 Å². The lowest BCUT2D eigenvalue weighted by molar-refractivity contribution is 0.0668. The van der Waals surface area contributed by atoms with Crippen LogP contribution in [0.2, 0.25) is 0 Å². The molecule has 1 rings (SSSR count). The summed E-state index contributed by atoms with van der Waals surface area (Å²) in [5.74, 6) is 0. The van der Waals surface area contributed by atoms with Gasteiger partial charge in [-0.3, -0.25) is 0 Å². The van der Waals surface area contributed by atoms with Gasteiger partial charge in [0.2, 0.25) is 0 Å². The Morgan fingerprint density at radius 3 is 2.14 bits per heavy atom. The van der Waals surface area contributed by atoms with Crippen molar-refractivity contribution < 1.29 is 5.11 Å². The number of hydrogen-bond donors (Lipinski definition) is 2. The Labute approximate surface area is 85.2 Å². The molecule has 1 unspecified atom stereocenters. The van der Waals surface area contributed by atoms with Gasteiger partial charge in [0.1, 0.15) is 0 Å². The predicted molar refractivity (Wildman–Crippen MR) is 59.4 cm³/mol. The van der Waals surface area contributed by atoms with Crippen molar-refractivity contribution in [2.45, 2.75) is 12.5 Å². The van der Waals surface area contributed by atoms with Crippen LogP contribution >= 0.6 is 0 Å². The van der Waals surface area contributed by atoms with Crippen molar-refractivity contribution in [1.29, 1.82) is 0 Å². The van der Waals surface area contributed by atoms with Gasteiger partial charge in [-0.15, -0.1) is 0 Å². The second kappa shape index (κ2) is 3.98. The van der Waals surface area contributed by atoms with Crippen molar-refractivity contribution in [3.63, 3.8) is 0 Å². The molecule has 0 saturated carbocycles. The highest BCUT2D eigenvalue weighted by molar-refractivity contribution is 5.46. The highest BCUT2D eigenvalue weighted by atomic mass is 16.3. The van der Waals surface area contributed by atoms with E-state index in [1.807, 2.05) is 43.3 Å². The number of nitrogens with zero attached hydrogens (tertiary/aromatic N) is 1. The van der Waals surface area contributed by atoms with E-state index in [1.165, 1.54) is 0 Å². The minimum atomic E-state index is -0.926. The van der Waals surface area contributed by atoms with Crippen molar-refractivity contribution >= 4 is 5.69 Å². The monoisotopic (exact) mass is 194 g/mol. The Morgan fingerprint density at radius 1 is 1.29 bits per heavy atom. The van der Waals surface area contributed by atoms with E-state index in [0.29, 0.717) is 0 Å². The second-order valence-corrected chi connectivity index (χ2v) is 3.92. The third-order valence-electron chi connectivity index (χ3n) is 2.40. The van der Waals surface area contributed by atoms with Crippen LogP contribution in [-0.4, -0.2) is 25.7 Å². The number of aliphatic hydroxyl groups is 1. The van der Waals surface area contributed by atoms with Crippen LogP contribution in [0.5, 0.6) is 0 Å². The van der Waals surface area contributed by atoms with Gasteiger partial charge in [0.05, 0.1) is 5.60 Å². The summed E-state index contributed by atoms with van der Waals surface area (Å²) in [5.41, 5.74) is 6.51. The zero-order chi connectivity index (χ0) is 10.8. The quantitative estimate of drug-likeness (QED) is 0.752. The van der Waals surface area contributed by atoms with E-state index in [4.69, 9.17) is 5.73 Å². The maximum Gasteiger partial charge on any atom is 0.0990 e. The van der Waals surface area contributed by atoms with Crippen molar-refractivity contribution in [3.05, 3.63) is 29.8 Å². The van der Waals surface area contributed by atoms with Crippen LogP contribution in [0.4, 0.5) is 5.69 Å². The van der Waals surface area contributed by atoms with Crippen LogP contribution in [0.1, 0.15) is 12.5 Å². The highest BCUT2D eigenvalue weighted by Gasteiger charge is 2.20. The smallest absolute Gasteiger partial charge is 0.0990 e. The van der Waals surface area contributed by atoms with Crippen LogP contribution in [-0.2, 0) is 5.60 Å². The lowest BCUT2D eigenvalue weighted by Gasteiger charge is -2.22. The molecular weight excluding hydrogens is 176 g/mol. The van der Waals surface area contributed by atoms with Gasteiger partial charge in [0, 0.05) is 26.3 Å². The molecule has 1 atom stereocenters. The predicted octanol–water partition coefficient (Wildman–Crippen LogP) is 0.919. The van der Waals surface area contributed by atoms with Crippen molar-refractivity contribution in [2.24, 2.45) is 5.73 Å². The molecule has 0 aliphatic rings. The van der Waals surface area contributed by atoms with E-state index >= 15 is 0 Å². The molecule has 78 valence electrons. The Balaban J connectivity index is 2.94. The highest BCUT2D eigenvalue weighted by Crippen LogP contribution is 2.21. The number of rotatable bonds is 3. The van der Waals surface area contributed by atoms with E-state index < -0.39 is 5.60 Å². The molecule has 1 aromatic carbocycles. The number of hydrogen-bond acceptors (Lipinski definition) is 3. The van der Waals surface area contributed by atoms with Crippen molar-refractivity contribution in [3.8, 4) is 0 Å². The van der Waals surface area contributed by atoms with Gasteiger partial charge in [-0.1, -0.05) is 12.1 Å². The summed E-state index contributed by atoms with van der Waals surface area (Å²) in [4.78, 5) is 2.01. The lowest BCUT2D eigenvalue weighted by Crippen LogP contribution is -2.31. The molecule has 0 bridgehead atoms. The molecule has 14 heavy (non-hydrogen) atoms. The molecule has 0 fully saturated rings. The van der Waals surface area contributed by atoms with Crippen molar-refractivity contribution in [2.75, 3.05) is 25.5 Å². The molecule has 3 nitrogen and oxygen atoms in total. The Morgan fingerprint density at radius 2 is 1.79 bits per heavy atom. The topological polar surface area (TPSA) is 49.5 Å². The summed E-state index contributed by atoms with van der Waals surface area (Å²) in [6.45, 7) is 1.95. The molecule has 0 heterocycles. The summed E-state index contributed by atoms with van der Waals surface area (Å²) in [6, 6.07) is 7.75. The summed E-state index contributed by atoms with van der Waals surface area (Å²) >= 11 is 0. The standard InChI is InChI=1S/C11H18N2O/c1-11(14,8-12)9-4-6-10(7-5-9)13(2)3/h4-7,14H,8,12H2,1-3H3. The minimum Gasteiger partial charge on any atom is -0.384 e. The lowest BCUT2D eigenvalue weighted by atomic mass is 9.96. The van der Waals surface area contributed by atoms with E-state index in [0.717, 1.165) is 11.3 Å². The molecule has 0 saturated heterocycles. The van der Waals surface area contributed by atoms with Gasteiger partial charge in [-0.05, 0) is 24.6 Å². The van der Waals surface area contributed by atoms with Crippen LogP contribution in [0, 0.1) is 0 Å². The molecule has 0 aliphatic heterocycles. The third kappa shape index (κ3) is 2.25. The minimum absolute atomic E-state index is 0.230. The normalized spacial score (nSPS) is 14.9. The largest absolute Gasteiger partial charge is 0.384 e. The first kappa shape index (κ1) is 11.0. The van der Waals surface area contributed by atoms with E-state index in [-0.39, 0.29) is 6.54 Å². The summed E-state index contributed by atoms with van der Waals surface area (Å²) in [6.07, 6.45) is 0. The van der Waals surface area contributed by atoms with Crippen molar-refractivity contribution in [1.82, 2.24) is 0 Å². The first-order valence-corrected chi connectivity index (χ1v) is 4.67. The first-order valence-electron chi connectivity index (χ1n) is 4.67. The second-order valence-electron chi connectivity index (χ2n) is 3.92. The van der Waals surface area contributed by atoms with Gasteiger partial charge in [-0.25, -0.2) is 0 Å². The SMILES string of the molecule is CN(C)c1ccc(C(C)(O)CN)cc1. The Bertz CT molecular complexity index is 291. The first-order chi connectivity index (χ1) is 6.47. The third-order valence-corrected chi connectivity index (χ3v) is 2.40. The maximum atomic E-state index is 9.89. The zero-order valence-corrected chi connectivity index (χ0v) is 8.99. The molecule has 0 aromatic heterocycles. The molecule has 3 heteroatoms. The van der Waals surface area contributed by atoms with E-state index in [9.17, 15) is 5.11 Å². The average Bonchev–Trinajstić information content (AvgIpc) is 2.18. The van der Waals surface area contributed by atoms with Gasteiger partial charge in [0.25, 0.3) is 0 Å². The van der Waals surface area contributed by atoms with E-state index in [2.05, 4.69) is 0 Å². The summed E-state index contributed by atoms with van der Waals surface area (Å²) in [7, 11) is 3.96. The summed E-state index contributed by atoms with van der Waals surface area (Å²) in [5, 5.41) is 9.89. The number of anilines is 1. The molecular formula is C11H18N2O. The number of benzene rings is 1. The summed E-state index contributed by atoms with van der Waals surface area (Å²) < 4.78 is 0. The fourth-order valence-electron chi connectivity index (χ4n) is 1.24. The van der Waals surface area contributed by atoms with Gasteiger partial charge >= 0.3 is 0 Å². The molecule has 1 aromatic rings. The maximum absolute atomic E-state index is 9.89. The van der Waals surface area contributed by atoms with Gasteiger partial charge in [0.15, 0.2) is 0 Å². The van der Waals surface area contributed by atoms with Crippen LogP contribution in [0.25, 0.3) is 0 Å². The molecule has 0 aliphatic carbocycles. The van der Waals surface area contributed by atoms with Crippen LogP contribution < -0.4 is 10.6 Å². The number of nitrogens with two attached hydrogens (primary N) is 1. The van der Waals surface area contributed by atoms with Crippen LogP contribution in [0.15, 0.2) is 24.3 Å². The molecule has 0 amide bonds. The molecule has 3 N–H and O–H groups in total. The molecule has 0 spiro atoms. The fraction of sp³-hybridized carbons (Fsp3) is 0.455. The fourth-order valence-corrected chi connectivity index (χ4v) is 1.24. The average molecular weight is 194 g/mol. The molecule has 0 radical (unpaired) electrons. The van der Waals surface area contributed by atoms with Crippen LogP contribution in [0.3, 0.4) is 0 Å². The van der Waals surface area contributed by atoms with E-state index in [1.54, 1.807) is 6.92 Å². The van der Waals surface area contributed by atoms with Gasteiger partial charge < -0.3 is 15.7 Å². The Hall–Kier alpha value is -1.06.